The first-order valence-corrected chi connectivity index (χ1v) is 13.7. The molecule has 2 unspecified atom stereocenters. The second-order valence-corrected chi connectivity index (χ2v) is 16.7. The molecule has 0 saturated carbocycles. The molecule has 0 saturated heterocycles. The van der Waals surface area contributed by atoms with Crippen molar-refractivity contribution >= 4 is 25.6 Å². The van der Waals surface area contributed by atoms with Gasteiger partial charge in [0.05, 0.1) is 19.1 Å². The van der Waals surface area contributed by atoms with Crippen LogP contribution in [0.4, 0.5) is 0 Å². The summed E-state index contributed by atoms with van der Waals surface area (Å²) >= 11 is -1.25. The van der Waals surface area contributed by atoms with E-state index in [0.29, 0.717) is 6.61 Å². The Morgan fingerprint density at radius 1 is 1.25 bits per heavy atom. The summed E-state index contributed by atoms with van der Waals surface area (Å²) in [5, 5.41) is 9.11. The fourth-order valence-electron chi connectivity index (χ4n) is 2.41. The van der Waals surface area contributed by atoms with Crippen molar-refractivity contribution in [3.63, 3.8) is 0 Å². The molecule has 0 bridgehead atoms. The molecule has 160 valence electrons. The zero-order chi connectivity index (χ0) is 21.9. The standard InChI is InChI=1S/C21H37NO4SSi/c1-15-12-16(13-19(23)24)10-11-17(15)18(22-27(25)20(2,3)4)14-26-28(8,9)21(5,6)7/h10-12,18,22H,13-14H2,1-9H3,(H,23,24). The monoisotopic (exact) mass is 427 g/mol. The van der Waals surface area contributed by atoms with Crippen molar-refractivity contribution in [2.24, 2.45) is 0 Å². The number of rotatable bonds is 8. The Hall–Kier alpha value is -0.863. The first-order valence-electron chi connectivity index (χ1n) is 9.68. The fourth-order valence-corrected chi connectivity index (χ4v) is 4.24. The highest BCUT2D eigenvalue weighted by atomic mass is 32.2. The van der Waals surface area contributed by atoms with Gasteiger partial charge >= 0.3 is 5.97 Å². The quantitative estimate of drug-likeness (QED) is 0.463. The van der Waals surface area contributed by atoms with E-state index in [1.165, 1.54) is 0 Å². The largest absolute Gasteiger partial charge is 0.598 e. The first-order chi connectivity index (χ1) is 12.5. The number of carbonyl (C=O) groups is 1. The highest BCUT2D eigenvalue weighted by molar-refractivity contribution is 7.90. The topological polar surface area (TPSA) is 81.6 Å². The molecule has 0 radical (unpaired) electrons. The zero-order valence-corrected chi connectivity index (χ0v) is 20.6. The molecule has 0 aliphatic rings. The Kier molecular flexibility index (Phi) is 8.36. The highest BCUT2D eigenvalue weighted by Gasteiger charge is 2.39. The van der Waals surface area contributed by atoms with E-state index in [-0.39, 0.29) is 17.5 Å². The zero-order valence-electron chi connectivity index (χ0n) is 18.8. The molecule has 0 aliphatic heterocycles. The van der Waals surface area contributed by atoms with E-state index in [4.69, 9.17) is 9.53 Å². The van der Waals surface area contributed by atoms with Gasteiger partial charge in [0.2, 0.25) is 0 Å². The molecular formula is C21H37NO4SSi. The predicted octanol–water partition coefficient (Wildman–Crippen LogP) is 4.74. The summed E-state index contributed by atoms with van der Waals surface area (Å²) in [6.07, 6.45) is -0.00634. The summed E-state index contributed by atoms with van der Waals surface area (Å²) in [6.45, 7) is 19.2. The molecule has 28 heavy (non-hydrogen) atoms. The van der Waals surface area contributed by atoms with Gasteiger partial charge in [-0.05, 0) is 62.5 Å². The summed E-state index contributed by atoms with van der Waals surface area (Å²) in [5.74, 6) is -0.850. The number of aliphatic carboxylic acids is 1. The molecule has 7 heteroatoms. The molecule has 0 fully saturated rings. The minimum atomic E-state index is -1.96. The molecule has 1 rings (SSSR count). The Morgan fingerprint density at radius 2 is 1.82 bits per heavy atom. The van der Waals surface area contributed by atoms with Gasteiger partial charge < -0.3 is 14.1 Å². The van der Waals surface area contributed by atoms with Crippen LogP contribution in [0.3, 0.4) is 0 Å². The third-order valence-corrected chi connectivity index (χ3v) is 11.4. The molecule has 0 spiro atoms. The minimum Gasteiger partial charge on any atom is -0.598 e. The maximum atomic E-state index is 12.8. The summed E-state index contributed by atoms with van der Waals surface area (Å²) in [7, 11) is -1.96. The van der Waals surface area contributed by atoms with Gasteiger partial charge in [0.15, 0.2) is 8.32 Å². The lowest BCUT2D eigenvalue weighted by Crippen LogP contribution is -2.46. The van der Waals surface area contributed by atoms with Crippen molar-refractivity contribution in [3.8, 4) is 0 Å². The van der Waals surface area contributed by atoms with E-state index < -0.39 is 30.4 Å². The van der Waals surface area contributed by atoms with E-state index in [2.05, 4.69) is 38.6 Å². The second-order valence-electron chi connectivity index (χ2n) is 9.88. The predicted molar refractivity (Wildman–Crippen MR) is 119 cm³/mol. The number of benzene rings is 1. The van der Waals surface area contributed by atoms with Crippen LogP contribution in [-0.2, 0) is 27.0 Å². The van der Waals surface area contributed by atoms with E-state index in [9.17, 15) is 9.35 Å². The second kappa shape index (κ2) is 9.30. The van der Waals surface area contributed by atoms with Gasteiger partial charge in [0, 0.05) is 11.4 Å². The van der Waals surface area contributed by atoms with E-state index >= 15 is 0 Å². The first kappa shape index (κ1) is 25.2. The van der Waals surface area contributed by atoms with Crippen molar-refractivity contribution in [2.75, 3.05) is 6.61 Å². The van der Waals surface area contributed by atoms with Crippen LogP contribution in [0.1, 0.15) is 64.3 Å². The number of aryl methyl sites for hydroxylation is 1. The summed E-state index contributed by atoms with van der Waals surface area (Å²) in [6, 6.07) is 5.43. The summed E-state index contributed by atoms with van der Waals surface area (Å²) in [5.41, 5.74) is 2.72. The maximum Gasteiger partial charge on any atom is 0.307 e. The van der Waals surface area contributed by atoms with Crippen LogP contribution in [0, 0.1) is 6.92 Å². The number of hydrogen-bond donors (Lipinski definition) is 2. The van der Waals surface area contributed by atoms with Crippen molar-refractivity contribution in [3.05, 3.63) is 34.9 Å². The molecular weight excluding hydrogens is 390 g/mol. The molecule has 2 atom stereocenters. The van der Waals surface area contributed by atoms with Crippen molar-refractivity contribution in [1.29, 1.82) is 0 Å². The van der Waals surface area contributed by atoms with Crippen molar-refractivity contribution in [2.45, 2.75) is 83.8 Å². The van der Waals surface area contributed by atoms with Gasteiger partial charge in [0.25, 0.3) is 0 Å². The smallest absolute Gasteiger partial charge is 0.307 e. The van der Waals surface area contributed by atoms with Gasteiger partial charge in [-0.2, -0.15) is 0 Å². The van der Waals surface area contributed by atoms with Crippen LogP contribution in [0.2, 0.25) is 18.1 Å². The Morgan fingerprint density at radius 3 is 2.25 bits per heavy atom. The lowest BCUT2D eigenvalue weighted by atomic mass is 9.99. The van der Waals surface area contributed by atoms with Crippen LogP contribution in [-0.4, -0.2) is 35.3 Å². The summed E-state index contributed by atoms with van der Waals surface area (Å²) in [4.78, 5) is 11.0. The van der Waals surface area contributed by atoms with Gasteiger partial charge in [-0.1, -0.05) is 39.0 Å². The van der Waals surface area contributed by atoms with Crippen molar-refractivity contribution < 1.29 is 18.9 Å². The van der Waals surface area contributed by atoms with Crippen LogP contribution in [0.5, 0.6) is 0 Å². The molecule has 1 aromatic rings. The van der Waals surface area contributed by atoms with E-state index in [1.54, 1.807) is 0 Å². The minimum absolute atomic E-state index is 0.00634. The molecule has 0 heterocycles. The molecule has 1 aromatic carbocycles. The summed E-state index contributed by atoms with van der Waals surface area (Å²) < 4.78 is 22.0. The SMILES string of the molecule is Cc1cc(CC(=O)O)ccc1C(CO[Si](C)(C)C(C)(C)C)N[S+]([O-])C(C)(C)C. The number of nitrogens with one attached hydrogen (secondary N) is 1. The Labute approximate surface area is 174 Å². The number of hydrogen-bond acceptors (Lipinski definition) is 4. The van der Waals surface area contributed by atoms with Crippen LogP contribution in [0.15, 0.2) is 18.2 Å². The third kappa shape index (κ3) is 7.19. The Bertz CT molecular complexity index is 680. The lowest BCUT2D eigenvalue weighted by Gasteiger charge is -2.38. The van der Waals surface area contributed by atoms with Crippen LogP contribution < -0.4 is 4.72 Å². The average molecular weight is 428 g/mol. The number of carboxylic acids is 1. The van der Waals surface area contributed by atoms with Crippen molar-refractivity contribution in [1.82, 2.24) is 4.72 Å². The van der Waals surface area contributed by atoms with Crippen LogP contribution in [0.25, 0.3) is 0 Å². The number of carboxylic acid groups (broad SMARTS) is 1. The molecule has 0 aromatic heterocycles. The van der Waals surface area contributed by atoms with Gasteiger partial charge in [0.1, 0.15) is 4.75 Å². The maximum absolute atomic E-state index is 12.8. The van der Waals surface area contributed by atoms with E-state index in [1.807, 2.05) is 45.9 Å². The highest BCUT2D eigenvalue weighted by Crippen LogP contribution is 2.37. The molecule has 5 nitrogen and oxygen atoms in total. The third-order valence-electron chi connectivity index (χ3n) is 5.29. The van der Waals surface area contributed by atoms with E-state index in [0.717, 1.165) is 16.7 Å². The molecule has 0 aliphatic carbocycles. The van der Waals surface area contributed by atoms with Crippen LogP contribution >= 0.6 is 0 Å². The van der Waals surface area contributed by atoms with Gasteiger partial charge in [-0.15, -0.1) is 4.72 Å². The normalized spacial score (nSPS) is 15.4. The fraction of sp³-hybridized carbons (Fsp3) is 0.667. The average Bonchev–Trinajstić information content (AvgIpc) is 2.49. The lowest BCUT2D eigenvalue weighted by molar-refractivity contribution is -0.136. The Balaban J connectivity index is 3.15. The van der Waals surface area contributed by atoms with Gasteiger partial charge in [-0.3, -0.25) is 4.79 Å². The molecule has 0 amide bonds. The molecule has 2 N–H and O–H groups in total. The van der Waals surface area contributed by atoms with Gasteiger partial charge in [-0.25, -0.2) is 0 Å².